The largest absolute Gasteiger partial charge is 0.449 e. The molecule has 1 aromatic rings. The lowest BCUT2D eigenvalue weighted by atomic mass is 9.97. The number of anilines is 1. The van der Waals surface area contributed by atoms with Gasteiger partial charge < -0.3 is 4.74 Å². The summed E-state index contributed by atoms with van der Waals surface area (Å²) in [6.07, 6.45) is -0.0227. The Morgan fingerprint density at radius 2 is 2.24 bits per heavy atom. The Kier molecular flexibility index (Phi) is 3.13. The van der Waals surface area contributed by atoms with Crippen LogP contribution in [-0.2, 0) is 4.74 Å². The zero-order valence-corrected chi connectivity index (χ0v) is 10.0. The molecule has 0 saturated carbocycles. The highest BCUT2D eigenvalue weighted by Gasteiger charge is 2.29. The summed E-state index contributed by atoms with van der Waals surface area (Å²) < 4.78 is 5.00. The molecule has 1 amide bonds. The zero-order chi connectivity index (χ0) is 12.4. The molecule has 0 aliphatic carbocycles. The van der Waals surface area contributed by atoms with Crippen LogP contribution < -0.4 is 4.90 Å². The standard InChI is InChI=1S/C13H15NO3/c1-3-17-13(16)14-8-7-11(15)10-6-4-5-9(2)12(10)14/h4-6H,3,7-8H2,1-2H3. The molecule has 1 aromatic carbocycles. The molecule has 0 bridgehead atoms. The minimum Gasteiger partial charge on any atom is -0.449 e. The first-order valence-corrected chi connectivity index (χ1v) is 5.72. The molecule has 0 saturated heterocycles. The number of ether oxygens (including phenoxy) is 1. The summed E-state index contributed by atoms with van der Waals surface area (Å²) >= 11 is 0. The van der Waals surface area contributed by atoms with Crippen LogP contribution in [0.3, 0.4) is 0 Å². The van der Waals surface area contributed by atoms with Gasteiger partial charge in [0, 0.05) is 18.5 Å². The van der Waals surface area contributed by atoms with Crippen molar-refractivity contribution in [3.8, 4) is 0 Å². The van der Waals surface area contributed by atoms with Crippen LogP contribution in [-0.4, -0.2) is 25.0 Å². The van der Waals surface area contributed by atoms with Crippen LogP contribution >= 0.6 is 0 Å². The molecule has 4 heteroatoms. The second-order valence-electron chi connectivity index (χ2n) is 3.99. The fraction of sp³-hybridized carbons (Fsp3) is 0.385. The van der Waals surface area contributed by atoms with Crippen molar-refractivity contribution < 1.29 is 14.3 Å². The zero-order valence-electron chi connectivity index (χ0n) is 10.0. The molecule has 4 nitrogen and oxygen atoms in total. The van der Waals surface area contributed by atoms with Gasteiger partial charge in [0.05, 0.1) is 12.3 Å². The van der Waals surface area contributed by atoms with Gasteiger partial charge in [-0.15, -0.1) is 0 Å². The first-order chi connectivity index (χ1) is 8.15. The number of rotatable bonds is 1. The van der Waals surface area contributed by atoms with Crippen molar-refractivity contribution in [2.75, 3.05) is 18.1 Å². The number of benzene rings is 1. The molecule has 0 unspecified atom stereocenters. The number of carbonyl (C=O) groups excluding carboxylic acids is 2. The number of hydrogen-bond donors (Lipinski definition) is 0. The van der Waals surface area contributed by atoms with Crippen molar-refractivity contribution in [3.05, 3.63) is 29.3 Å². The lowest BCUT2D eigenvalue weighted by Gasteiger charge is -2.29. The van der Waals surface area contributed by atoms with E-state index in [0.29, 0.717) is 30.8 Å². The van der Waals surface area contributed by atoms with E-state index in [9.17, 15) is 9.59 Å². The summed E-state index contributed by atoms with van der Waals surface area (Å²) in [6.45, 7) is 4.40. The highest BCUT2D eigenvalue weighted by molar-refractivity contribution is 6.08. The highest BCUT2D eigenvalue weighted by Crippen LogP contribution is 2.30. The number of para-hydroxylation sites is 1. The van der Waals surface area contributed by atoms with Gasteiger partial charge in [0.1, 0.15) is 0 Å². The van der Waals surface area contributed by atoms with Gasteiger partial charge in [-0.25, -0.2) is 4.79 Å². The Bertz CT molecular complexity index is 468. The third kappa shape index (κ3) is 2.02. The maximum atomic E-state index is 11.8. The van der Waals surface area contributed by atoms with Gasteiger partial charge >= 0.3 is 6.09 Å². The Morgan fingerprint density at radius 1 is 1.47 bits per heavy atom. The summed E-state index contributed by atoms with van der Waals surface area (Å²) in [7, 11) is 0. The van der Waals surface area contributed by atoms with E-state index in [1.54, 1.807) is 17.9 Å². The molecule has 1 aliphatic heterocycles. The lowest BCUT2D eigenvalue weighted by Crippen LogP contribution is -2.38. The van der Waals surface area contributed by atoms with Gasteiger partial charge in [-0.05, 0) is 25.5 Å². The average Bonchev–Trinajstić information content (AvgIpc) is 2.31. The van der Waals surface area contributed by atoms with Gasteiger partial charge in [0.25, 0.3) is 0 Å². The van der Waals surface area contributed by atoms with Crippen molar-refractivity contribution in [2.24, 2.45) is 0 Å². The maximum Gasteiger partial charge on any atom is 0.414 e. The van der Waals surface area contributed by atoms with E-state index in [1.807, 2.05) is 19.1 Å². The third-order valence-corrected chi connectivity index (χ3v) is 2.86. The van der Waals surface area contributed by atoms with E-state index in [4.69, 9.17) is 4.74 Å². The van der Waals surface area contributed by atoms with E-state index in [2.05, 4.69) is 0 Å². The van der Waals surface area contributed by atoms with E-state index in [-0.39, 0.29) is 11.9 Å². The first kappa shape index (κ1) is 11.6. The average molecular weight is 233 g/mol. The van der Waals surface area contributed by atoms with Crippen molar-refractivity contribution in [1.82, 2.24) is 0 Å². The predicted molar refractivity (Wildman–Crippen MR) is 64.5 cm³/mol. The van der Waals surface area contributed by atoms with E-state index in [1.165, 1.54) is 0 Å². The van der Waals surface area contributed by atoms with Gasteiger partial charge in [0.2, 0.25) is 0 Å². The number of ketones is 1. The van der Waals surface area contributed by atoms with Crippen molar-refractivity contribution in [3.63, 3.8) is 0 Å². The number of amides is 1. The van der Waals surface area contributed by atoms with E-state index >= 15 is 0 Å². The molecule has 1 aliphatic rings. The van der Waals surface area contributed by atoms with Crippen LogP contribution in [0.1, 0.15) is 29.3 Å². The smallest absolute Gasteiger partial charge is 0.414 e. The van der Waals surface area contributed by atoms with Crippen LogP contribution in [0.2, 0.25) is 0 Å². The highest BCUT2D eigenvalue weighted by atomic mass is 16.6. The SMILES string of the molecule is CCOC(=O)N1CCC(=O)c2cccc(C)c21. The number of aryl methyl sites for hydroxylation is 1. The molecule has 1 heterocycles. The predicted octanol–water partition coefficient (Wildman–Crippen LogP) is 2.54. The van der Waals surface area contributed by atoms with Crippen LogP contribution in [0.15, 0.2) is 18.2 Å². The molecule has 0 fully saturated rings. The van der Waals surface area contributed by atoms with E-state index < -0.39 is 0 Å². The van der Waals surface area contributed by atoms with Gasteiger partial charge in [-0.1, -0.05) is 12.1 Å². The molecule has 0 aromatic heterocycles. The monoisotopic (exact) mass is 233 g/mol. The Labute approximate surface area is 100 Å². The molecule has 0 radical (unpaired) electrons. The maximum absolute atomic E-state index is 11.8. The third-order valence-electron chi connectivity index (χ3n) is 2.86. The Balaban J connectivity index is 2.44. The normalized spacial score (nSPS) is 14.5. The minimum absolute atomic E-state index is 0.0873. The molecule has 90 valence electrons. The van der Waals surface area contributed by atoms with E-state index in [0.717, 1.165) is 5.56 Å². The molecule has 17 heavy (non-hydrogen) atoms. The summed E-state index contributed by atoms with van der Waals surface area (Å²) in [6, 6.07) is 5.49. The number of hydrogen-bond acceptors (Lipinski definition) is 3. The molecule has 0 atom stereocenters. The summed E-state index contributed by atoms with van der Waals surface area (Å²) in [5.74, 6) is 0.0873. The fourth-order valence-electron chi connectivity index (χ4n) is 2.09. The Morgan fingerprint density at radius 3 is 2.94 bits per heavy atom. The quantitative estimate of drug-likeness (QED) is 0.748. The minimum atomic E-state index is -0.379. The second kappa shape index (κ2) is 4.57. The van der Waals surface area contributed by atoms with Gasteiger partial charge in [-0.2, -0.15) is 0 Å². The Hall–Kier alpha value is -1.84. The van der Waals surface area contributed by atoms with Crippen LogP contribution in [0.4, 0.5) is 10.5 Å². The van der Waals surface area contributed by atoms with Crippen molar-refractivity contribution in [1.29, 1.82) is 0 Å². The fourth-order valence-corrected chi connectivity index (χ4v) is 2.09. The number of Topliss-reactive ketones (excluding diaryl/α,β-unsaturated/α-hetero) is 1. The van der Waals surface area contributed by atoms with Crippen molar-refractivity contribution >= 4 is 17.6 Å². The van der Waals surface area contributed by atoms with Gasteiger partial charge in [0.15, 0.2) is 5.78 Å². The van der Waals surface area contributed by atoms with Gasteiger partial charge in [-0.3, -0.25) is 9.69 Å². The van der Waals surface area contributed by atoms with Crippen LogP contribution in [0, 0.1) is 6.92 Å². The summed E-state index contributed by atoms with van der Waals surface area (Å²) in [5, 5.41) is 0. The summed E-state index contributed by atoms with van der Waals surface area (Å²) in [4.78, 5) is 25.1. The van der Waals surface area contributed by atoms with Crippen molar-refractivity contribution in [2.45, 2.75) is 20.3 Å². The second-order valence-corrected chi connectivity index (χ2v) is 3.99. The first-order valence-electron chi connectivity index (χ1n) is 5.72. The van der Waals surface area contributed by atoms with Crippen LogP contribution in [0.5, 0.6) is 0 Å². The molecule has 2 rings (SSSR count). The van der Waals surface area contributed by atoms with Crippen LogP contribution in [0.25, 0.3) is 0 Å². The summed E-state index contributed by atoms with van der Waals surface area (Å²) in [5.41, 5.74) is 2.23. The molecular formula is C13H15NO3. The number of fused-ring (bicyclic) bond motifs is 1. The molecule has 0 spiro atoms. The topological polar surface area (TPSA) is 46.6 Å². The number of carbonyl (C=O) groups is 2. The molecule has 0 N–H and O–H groups in total. The molecular weight excluding hydrogens is 218 g/mol. The lowest BCUT2D eigenvalue weighted by molar-refractivity contribution is 0.0978. The number of nitrogens with zero attached hydrogens (tertiary/aromatic N) is 1.